The lowest BCUT2D eigenvalue weighted by molar-refractivity contribution is -0.0583. The number of nitrogens with two attached hydrogens (primary N) is 2. The second kappa shape index (κ2) is 10.0. The van der Waals surface area contributed by atoms with E-state index in [2.05, 4.69) is 34.6 Å². The average Bonchev–Trinajstić information content (AvgIpc) is 2.65. The zero-order chi connectivity index (χ0) is 20.3. The quantitative estimate of drug-likeness (QED) is 0.507. The van der Waals surface area contributed by atoms with Crippen LogP contribution in [0.2, 0.25) is 0 Å². The highest BCUT2D eigenvalue weighted by Gasteiger charge is 2.47. The van der Waals surface area contributed by atoms with E-state index in [0.29, 0.717) is 29.6 Å². The molecule has 2 aliphatic carbocycles. The van der Waals surface area contributed by atoms with Crippen molar-refractivity contribution >= 4 is 0 Å². The van der Waals surface area contributed by atoms with Crippen LogP contribution in [0.5, 0.6) is 0 Å². The molecule has 0 amide bonds. The van der Waals surface area contributed by atoms with Crippen molar-refractivity contribution in [2.24, 2.45) is 52.9 Å². The Kier molecular flexibility index (Phi) is 8.60. The summed E-state index contributed by atoms with van der Waals surface area (Å²) in [4.78, 5) is 0. The van der Waals surface area contributed by atoms with Crippen LogP contribution in [0.15, 0.2) is 0 Å². The SMILES string of the molecule is CCCCCCC(C1CC(C)C(O)C(N)C1C)C1CC(C)C(O)C(N)C1C. The predicted molar refractivity (Wildman–Crippen MR) is 113 cm³/mol. The Labute approximate surface area is 167 Å². The lowest BCUT2D eigenvalue weighted by Crippen LogP contribution is -2.56. The third kappa shape index (κ3) is 5.07. The van der Waals surface area contributed by atoms with Crippen molar-refractivity contribution in [2.75, 3.05) is 0 Å². The molecular formula is C23H46N2O2. The third-order valence-corrected chi connectivity index (χ3v) is 8.30. The molecule has 0 aromatic heterocycles. The monoisotopic (exact) mass is 382 g/mol. The molecule has 6 N–H and O–H groups in total. The second-order valence-electron chi connectivity index (χ2n) is 10.1. The molecule has 2 rings (SSSR count). The number of aliphatic hydroxyl groups is 2. The highest BCUT2D eigenvalue weighted by Crippen LogP contribution is 2.48. The van der Waals surface area contributed by atoms with E-state index < -0.39 is 0 Å². The number of aliphatic hydroxyl groups excluding tert-OH is 2. The van der Waals surface area contributed by atoms with Gasteiger partial charge in [-0.2, -0.15) is 0 Å². The largest absolute Gasteiger partial charge is 0.391 e. The van der Waals surface area contributed by atoms with Gasteiger partial charge >= 0.3 is 0 Å². The number of hydrogen-bond acceptors (Lipinski definition) is 4. The molecule has 0 aliphatic heterocycles. The Morgan fingerprint density at radius 1 is 0.778 bits per heavy atom. The molecule has 2 saturated carbocycles. The lowest BCUT2D eigenvalue weighted by atomic mass is 9.57. The minimum Gasteiger partial charge on any atom is -0.391 e. The molecule has 0 heterocycles. The van der Waals surface area contributed by atoms with E-state index >= 15 is 0 Å². The maximum Gasteiger partial charge on any atom is 0.0719 e. The first-order chi connectivity index (χ1) is 12.7. The van der Waals surface area contributed by atoms with E-state index in [-0.39, 0.29) is 36.1 Å². The van der Waals surface area contributed by atoms with E-state index in [1.807, 2.05) is 0 Å². The fraction of sp³-hybridized carbons (Fsp3) is 1.00. The van der Waals surface area contributed by atoms with Gasteiger partial charge in [0.2, 0.25) is 0 Å². The number of unbranched alkanes of at least 4 members (excludes halogenated alkanes) is 3. The van der Waals surface area contributed by atoms with Gasteiger partial charge in [0.25, 0.3) is 0 Å². The first-order valence-electron chi connectivity index (χ1n) is 11.6. The Hall–Kier alpha value is -0.160. The lowest BCUT2D eigenvalue weighted by Gasteiger charge is -2.51. The third-order valence-electron chi connectivity index (χ3n) is 8.30. The Balaban J connectivity index is 2.22. The van der Waals surface area contributed by atoms with Crippen LogP contribution in [0.25, 0.3) is 0 Å². The van der Waals surface area contributed by atoms with Gasteiger partial charge in [0.15, 0.2) is 0 Å². The van der Waals surface area contributed by atoms with Crippen LogP contribution in [0, 0.1) is 41.4 Å². The van der Waals surface area contributed by atoms with Crippen LogP contribution >= 0.6 is 0 Å². The highest BCUT2D eigenvalue weighted by molar-refractivity contribution is 4.99. The van der Waals surface area contributed by atoms with Crippen LogP contribution in [-0.2, 0) is 0 Å². The maximum atomic E-state index is 10.5. The summed E-state index contributed by atoms with van der Waals surface area (Å²) < 4.78 is 0. The fourth-order valence-electron chi connectivity index (χ4n) is 6.20. The van der Waals surface area contributed by atoms with Gasteiger partial charge in [0.05, 0.1) is 12.2 Å². The molecule has 2 fully saturated rings. The summed E-state index contributed by atoms with van der Waals surface area (Å²) in [6.45, 7) is 11.1. The van der Waals surface area contributed by atoms with Crippen molar-refractivity contribution in [1.82, 2.24) is 0 Å². The fourth-order valence-corrected chi connectivity index (χ4v) is 6.20. The standard InChI is InChI=1S/C23H46N2O2/c1-6-7-8-9-10-17(18-11-13(2)22(26)20(24)15(18)4)19-12-14(3)23(27)21(25)16(19)5/h13-23,26-27H,6-12,24-25H2,1-5H3. The van der Waals surface area contributed by atoms with E-state index in [1.165, 1.54) is 32.1 Å². The van der Waals surface area contributed by atoms with Crippen LogP contribution in [-0.4, -0.2) is 34.5 Å². The topological polar surface area (TPSA) is 92.5 Å². The van der Waals surface area contributed by atoms with Crippen LogP contribution in [0.3, 0.4) is 0 Å². The Morgan fingerprint density at radius 2 is 1.22 bits per heavy atom. The Morgan fingerprint density at radius 3 is 1.63 bits per heavy atom. The Bertz CT molecular complexity index is 412. The molecule has 0 bridgehead atoms. The smallest absolute Gasteiger partial charge is 0.0719 e. The van der Waals surface area contributed by atoms with Crippen molar-refractivity contribution < 1.29 is 10.2 Å². The van der Waals surface area contributed by atoms with Gasteiger partial charge in [-0.25, -0.2) is 0 Å². The van der Waals surface area contributed by atoms with Gasteiger partial charge in [0.1, 0.15) is 0 Å². The number of rotatable bonds is 7. The van der Waals surface area contributed by atoms with Crippen LogP contribution in [0.1, 0.15) is 79.6 Å². The molecule has 27 heavy (non-hydrogen) atoms. The highest BCUT2D eigenvalue weighted by atomic mass is 16.3. The summed E-state index contributed by atoms with van der Waals surface area (Å²) in [6, 6.07) is -0.264. The van der Waals surface area contributed by atoms with Crippen molar-refractivity contribution in [1.29, 1.82) is 0 Å². The van der Waals surface area contributed by atoms with Crippen molar-refractivity contribution in [3.63, 3.8) is 0 Å². The normalized spacial score (nSPS) is 47.0. The molecule has 0 aromatic carbocycles. The summed E-state index contributed by atoms with van der Waals surface area (Å²) in [6.07, 6.45) is 7.70. The second-order valence-corrected chi connectivity index (χ2v) is 10.1. The minimum atomic E-state index is -0.385. The van der Waals surface area contributed by atoms with E-state index in [0.717, 1.165) is 12.8 Å². The molecular weight excluding hydrogens is 336 g/mol. The molecule has 0 aromatic rings. The van der Waals surface area contributed by atoms with Gasteiger partial charge in [0, 0.05) is 12.1 Å². The molecule has 4 nitrogen and oxygen atoms in total. The molecule has 0 saturated heterocycles. The van der Waals surface area contributed by atoms with Gasteiger partial charge in [-0.15, -0.1) is 0 Å². The number of hydrogen-bond donors (Lipinski definition) is 4. The molecule has 160 valence electrons. The molecule has 10 atom stereocenters. The predicted octanol–water partition coefficient (Wildman–Crippen LogP) is 3.53. The van der Waals surface area contributed by atoms with Gasteiger partial charge in [-0.3, -0.25) is 0 Å². The molecule has 2 aliphatic rings. The van der Waals surface area contributed by atoms with Crippen molar-refractivity contribution in [3.05, 3.63) is 0 Å². The van der Waals surface area contributed by atoms with E-state index in [9.17, 15) is 10.2 Å². The summed E-state index contributed by atoms with van der Waals surface area (Å²) in [5, 5.41) is 20.9. The zero-order valence-corrected chi connectivity index (χ0v) is 18.3. The summed E-state index contributed by atoms with van der Waals surface area (Å²) in [5.74, 6) is 2.86. The first kappa shape index (κ1) is 23.1. The van der Waals surface area contributed by atoms with Gasteiger partial charge in [-0.1, -0.05) is 60.3 Å². The van der Waals surface area contributed by atoms with Crippen LogP contribution in [0.4, 0.5) is 0 Å². The zero-order valence-electron chi connectivity index (χ0n) is 18.3. The van der Waals surface area contributed by atoms with Crippen molar-refractivity contribution in [3.8, 4) is 0 Å². The average molecular weight is 383 g/mol. The van der Waals surface area contributed by atoms with Gasteiger partial charge < -0.3 is 21.7 Å². The van der Waals surface area contributed by atoms with Gasteiger partial charge in [-0.05, 0) is 60.7 Å². The molecule has 0 radical (unpaired) electrons. The van der Waals surface area contributed by atoms with Crippen molar-refractivity contribution in [2.45, 2.75) is 104 Å². The van der Waals surface area contributed by atoms with E-state index in [1.54, 1.807) is 0 Å². The molecule has 10 unspecified atom stereocenters. The summed E-state index contributed by atoms with van der Waals surface area (Å²) in [5.41, 5.74) is 12.9. The maximum absolute atomic E-state index is 10.5. The van der Waals surface area contributed by atoms with E-state index in [4.69, 9.17) is 11.5 Å². The minimum absolute atomic E-state index is 0.132. The summed E-state index contributed by atoms with van der Waals surface area (Å²) >= 11 is 0. The van der Waals surface area contributed by atoms with Crippen LogP contribution < -0.4 is 11.5 Å². The summed E-state index contributed by atoms with van der Waals surface area (Å²) in [7, 11) is 0. The first-order valence-corrected chi connectivity index (χ1v) is 11.6. The molecule has 4 heteroatoms. The molecule has 0 spiro atoms.